The average molecular weight is 248 g/mol. The largest absolute Gasteiger partial charge is 0.505 e. The molecule has 2 rings (SSSR count). The van der Waals surface area contributed by atoms with Crippen molar-refractivity contribution in [1.82, 2.24) is 15.0 Å². The van der Waals surface area contributed by atoms with Gasteiger partial charge in [-0.15, -0.1) is 0 Å². The average Bonchev–Trinajstić information content (AvgIpc) is 2.78. The van der Waals surface area contributed by atoms with Crippen molar-refractivity contribution in [2.24, 2.45) is 0 Å². The van der Waals surface area contributed by atoms with Gasteiger partial charge in [-0.3, -0.25) is 0 Å². The number of nitrogens with zero attached hydrogens (tertiary/aromatic N) is 3. The Hall–Kier alpha value is -2.08. The first kappa shape index (κ1) is 12.4. The van der Waals surface area contributed by atoms with Crippen molar-refractivity contribution in [3.05, 3.63) is 24.0 Å². The molecule has 0 aliphatic carbocycles. The van der Waals surface area contributed by atoms with Crippen molar-refractivity contribution < 1.29 is 9.63 Å². The lowest BCUT2D eigenvalue weighted by Gasteiger charge is -2.05. The molecule has 1 aromatic heterocycles. The lowest BCUT2D eigenvalue weighted by Crippen LogP contribution is -2.15. The minimum absolute atomic E-state index is 0.0275. The van der Waals surface area contributed by atoms with Gasteiger partial charge >= 0.3 is 0 Å². The molecule has 0 saturated carbocycles. The smallest absolute Gasteiger partial charge is 0.261 e. The minimum Gasteiger partial charge on any atom is -0.505 e. The first-order valence-electron chi connectivity index (χ1n) is 5.63. The number of nitrogens with two attached hydrogens (primary N) is 1. The second-order valence-corrected chi connectivity index (χ2v) is 4.31. The Morgan fingerprint density at radius 2 is 2.17 bits per heavy atom. The van der Waals surface area contributed by atoms with Gasteiger partial charge in [0.2, 0.25) is 0 Å². The molecule has 0 spiro atoms. The van der Waals surface area contributed by atoms with E-state index in [0.29, 0.717) is 23.5 Å². The fourth-order valence-electron chi connectivity index (χ4n) is 1.52. The van der Waals surface area contributed by atoms with E-state index in [0.717, 1.165) is 6.54 Å². The molecular formula is C12H16N4O2. The summed E-state index contributed by atoms with van der Waals surface area (Å²) in [5.74, 6) is 0.870. The normalized spacial score (nSPS) is 11.1. The van der Waals surface area contributed by atoms with Crippen LogP contribution in [0.3, 0.4) is 0 Å². The maximum atomic E-state index is 9.82. The summed E-state index contributed by atoms with van der Waals surface area (Å²) in [6.45, 7) is 0.835. The maximum absolute atomic E-state index is 9.82. The second-order valence-electron chi connectivity index (χ2n) is 4.31. The Morgan fingerprint density at radius 3 is 2.89 bits per heavy atom. The molecular weight excluding hydrogens is 232 g/mol. The first-order valence-corrected chi connectivity index (χ1v) is 5.63. The van der Waals surface area contributed by atoms with Gasteiger partial charge in [0.05, 0.1) is 11.3 Å². The number of para-hydroxylation sites is 1. The molecule has 0 aliphatic rings. The molecule has 18 heavy (non-hydrogen) atoms. The van der Waals surface area contributed by atoms with Crippen molar-refractivity contribution in [2.45, 2.75) is 6.42 Å². The molecule has 0 amide bonds. The van der Waals surface area contributed by atoms with Gasteiger partial charge in [-0.25, -0.2) is 0 Å². The SMILES string of the molecule is CN(C)CCc1noc(-c2cccc(N)c2O)n1. The number of phenols is 1. The van der Waals surface area contributed by atoms with Gasteiger partial charge in [-0.05, 0) is 26.2 Å². The number of hydrogen-bond acceptors (Lipinski definition) is 6. The van der Waals surface area contributed by atoms with Crippen molar-refractivity contribution in [2.75, 3.05) is 26.4 Å². The van der Waals surface area contributed by atoms with E-state index in [2.05, 4.69) is 10.1 Å². The zero-order chi connectivity index (χ0) is 13.1. The number of benzene rings is 1. The van der Waals surface area contributed by atoms with Crippen LogP contribution in [0, 0.1) is 0 Å². The fourth-order valence-corrected chi connectivity index (χ4v) is 1.52. The number of aromatic hydroxyl groups is 1. The highest BCUT2D eigenvalue weighted by atomic mass is 16.5. The lowest BCUT2D eigenvalue weighted by molar-refractivity contribution is 0.391. The van der Waals surface area contributed by atoms with E-state index >= 15 is 0 Å². The number of aromatic nitrogens is 2. The quantitative estimate of drug-likeness (QED) is 0.623. The van der Waals surface area contributed by atoms with Gasteiger partial charge in [0.1, 0.15) is 0 Å². The summed E-state index contributed by atoms with van der Waals surface area (Å²) in [6.07, 6.45) is 0.694. The van der Waals surface area contributed by atoms with Crippen molar-refractivity contribution in [1.29, 1.82) is 0 Å². The van der Waals surface area contributed by atoms with Crippen LogP contribution in [0.25, 0.3) is 11.5 Å². The number of hydrogen-bond donors (Lipinski definition) is 2. The van der Waals surface area contributed by atoms with Gasteiger partial charge in [-0.2, -0.15) is 4.98 Å². The molecule has 0 saturated heterocycles. The third-order valence-corrected chi connectivity index (χ3v) is 2.55. The van der Waals surface area contributed by atoms with Crippen LogP contribution in [-0.2, 0) is 6.42 Å². The Kier molecular flexibility index (Phi) is 3.47. The predicted molar refractivity (Wildman–Crippen MR) is 68.1 cm³/mol. The monoisotopic (exact) mass is 248 g/mol. The zero-order valence-corrected chi connectivity index (χ0v) is 10.4. The molecule has 0 atom stereocenters. The summed E-state index contributed by atoms with van der Waals surface area (Å²) in [5, 5.41) is 13.7. The Labute approximate surface area is 105 Å². The molecule has 0 radical (unpaired) electrons. The minimum atomic E-state index is -0.0275. The third-order valence-electron chi connectivity index (χ3n) is 2.55. The Morgan fingerprint density at radius 1 is 1.39 bits per heavy atom. The lowest BCUT2D eigenvalue weighted by atomic mass is 10.2. The molecule has 0 unspecified atom stereocenters. The molecule has 96 valence electrons. The van der Waals surface area contributed by atoms with Gasteiger partial charge in [0.15, 0.2) is 11.6 Å². The molecule has 6 nitrogen and oxygen atoms in total. The Balaban J connectivity index is 2.21. The molecule has 1 aromatic carbocycles. The summed E-state index contributed by atoms with van der Waals surface area (Å²) in [6, 6.07) is 5.03. The highest BCUT2D eigenvalue weighted by Gasteiger charge is 2.14. The van der Waals surface area contributed by atoms with Crippen LogP contribution in [-0.4, -0.2) is 40.8 Å². The van der Waals surface area contributed by atoms with E-state index in [1.165, 1.54) is 0 Å². The van der Waals surface area contributed by atoms with E-state index < -0.39 is 0 Å². The molecule has 0 bridgehead atoms. The van der Waals surface area contributed by atoms with Gasteiger partial charge < -0.3 is 20.3 Å². The molecule has 0 aliphatic heterocycles. The zero-order valence-electron chi connectivity index (χ0n) is 10.4. The van der Waals surface area contributed by atoms with Crippen LogP contribution < -0.4 is 5.73 Å². The fraction of sp³-hybridized carbons (Fsp3) is 0.333. The first-order chi connectivity index (χ1) is 8.58. The topological polar surface area (TPSA) is 88.4 Å². The highest BCUT2D eigenvalue weighted by molar-refractivity contribution is 5.71. The number of anilines is 1. The highest BCUT2D eigenvalue weighted by Crippen LogP contribution is 2.32. The number of rotatable bonds is 4. The van der Waals surface area contributed by atoms with Crippen molar-refractivity contribution in [3.63, 3.8) is 0 Å². The van der Waals surface area contributed by atoms with Gasteiger partial charge in [-0.1, -0.05) is 11.2 Å². The van der Waals surface area contributed by atoms with E-state index in [4.69, 9.17) is 10.3 Å². The molecule has 2 aromatic rings. The molecule has 3 N–H and O–H groups in total. The van der Waals surface area contributed by atoms with E-state index in [1.54, 1.807) is 18.2 Å². The number of phenolic OH excluding ortho intramolecular Hbond substituents is 1. The van der Waals surface area contributed by atoms with Crippen LogP contribution in [0.15, 0.2) is 22.7 Å². The summed E-state index contributed by atoms with van der Waals surface area (Å²) in [4.78, 5) is 6.27. The summed E-state index contributed by atoms with van der Waals surface area (Å²) >= 11 is 0. The standard InChI is InChI=1S/C12H16N4O2/c1-16(2)7-6-10-14-12(18-15-10)8-4-3-5-9(13)11(8)17/h3-5,17H,6-7,13H2,1-2H3. The van der Waals surface area contributed by atoms with Crippen molar-refractivity contribution in [3.8, 4) is 17.2 Å². The summed E-state index contributed by atoms with van der Waals surface area (Å²) in [7, 11) is 3.95. The third kappa shape index (κ3) is 2.60. The van der Waals surface area contributed by atoms with E-state index in [-0.39, 0.29) is 11.6 Å². The summed E-state index contributed by atoms with van der Waals surface area (Å²) < 4.78 is 5.12. The van der Waals surface area contributed by atoms with Crippen LogP contribution in [0.2, 0.25) is 0 Å². The van der Waals surface area contributed by atoms with E-state index in [1.807, 2.05) is 19.0 Å². The van der Waals surface area contributed by atoms with Crippen LogP contribution in [0.5, 0.6) is 5.75 Å². The summed E-state index contributed by atoms with van der Waals surface area (Å²) in [5.41, 5.74) is 6.37. The predicted octanol–water partition coefficient (Wildman–Crippen LogP) is 1.13. The van der Waals surface area contributed by atoms with Crippen LogP contribution >= 0.6 is 0 Å². The second kappa shape index (κ2) is 5.05. The van der Waals surface area contributed by atoms with E-state index in [9.17, 15) is 5.11 Å². The number of nitrogen functional groups attached to an aromatic ring is 1. The molecule has 1 heterocycles. The van der Waals surface area contributed by atoms with Gasteiger partial charge in [0.25, 0.3) is 5.89 Å². The molecule has 0 fully saturated rings. The maximum Gasteiger partial charge on any atom is 0.261 e. The van der Waals surface area contributed by atoms with Crippen molar-refractivity contribution >= 4 is 5.69 Å². The van der Waals surface area contributed by atoms with Gasteiger partial charge in [0, 0.05) is 13.0 Å². The molecule has 6 heteroatoms. The van der Waals surface area contributed by atoms with Crippen LogP contribution in [0.1, 0.15) is 5.82 Å². The van der Waals surface area contributed by atoms with Crippen LogP contribution in [0.4, 0.5) is 5.69 Å². The Bertz CT molecular complexity index is 537. The number of likely N-dealkylation sites (N-methyl/N-ethyl adjacent to an activating group) is 1.